The summed E-state index contributed by atoms with van der Waals surface area (Å²) in [5, 5.41) is 9.16. The summed E-state index contributed by atoms with van der Waals surface area (Å²) < 4.78 is 46.3. The van der Waals surface area contributed by atoms with Gasteiger partial charge in [-0.05, 0) is 22.6 Å². The van der Waals surface area contributed by atoms with Crippen molar-refractivity contribution in [1.29, 1.82) is 0 Å². The van der Waals surface area contributed by atoms with Crippen LogP contribution in [0.2, 0.25) is 0 Å². The summed E-state index contributed by atoms with van der Waals surface area (Å²) in [7, 11) is 0.702. The maximum Gasteiger partial charge on any atom is 0.281 e. The minimum absolute atomic E-state index is 0.377. The topological polar surface area (TPSA) is 67.3 Å². The Bertz CT molecular complexity index is 493. The highest BCUT2D eigenvalue weighted by atomic mass is 127. The number of pyridine rings is 1. The highest BCUT2D eigenvalue weighted by Gasteiger charge is 2.26. The van der Waals surface area contributed by atoms with E-state index in [4.69, 9.17) is 15.8 Å². The summed E-state index contributed by atoms with van der Waals surface area (Å²) >= 11 is 1.34. The Kier molecular flexibility index (Phi) is 3.71. The number of rotatable bonds is 2. The van der Waals surface area contributed by atoms with Gasteiger partial charge in [-0.25, -0.2) is 17.2 Å². The second-order valence-corrected chi connectivity index (χ2v) is 5.99. The summed E-state index contributed by atoms with van der Waals surface area (Å²) in [6.45, 7) is 0. The summed E-state index contributed by atoms with van der Waals surface area (Å²) in [6, 6.07) is 0. The number of hydrogen-bond donors (Lipinski definition) is 1. The Morgan fingerprint density at radius 3 is 2.47 bits per heavy atom. The van der Waals surface area contributed by atoms with E-state index in [1.165, 1.54) is 22.6 Å². The highest BCUT2D eigenvalue weighted by molar-refractivity contribution is 14.1. The molecule has 0 aromatic carbocycles. The largest absolute Gasteiger partial charge is 0.505 e. The predicted octanol–water partition coefficient (Wildman–Crippen LogP) is 2.26. The molecular weight excluding hydrogens is 366 g/mol. The summed E-state index contributed by atoms with van der Waals surface area (Å²) in [4.78, 5) is 2.48. The molecule has 0 radical (unpaired) electrons. The first-order valence-corrected chi connectivity index (χ1v) is 6.74. The lowest BCUT2D eigenvalue weighted by Gasteiger charge is -2.07. The second-order valence-electron chi connectivity index (χ2n) is 2.41. The molecule has 1 heterocycles. The van der Waals surface area contributed by atoms with Crippen LogP contribution in [0.1, 0.15) is 12.1 Å². The lowest BCUT2D eigenvalue weighted by atomic mass is 10.3. The molecule has 0 unspecified atom stereocenters. The first-order valence-electron chi connectivity index (χ1n) is 3.35. The van der Waals surface area contributed by atoms with E-state index < -0.39 is 31.8 Å². The summed E-state index contributed by atoms with van der Waals surface area (Å²) in [5.74, 6) is -0.751. The number of aromatic nitrogens is 1. The third kappa shape index (κ3) is 2.67. The second kappa shape index (κ2) is 4.34. The van der Waals surface area contributed by atoms with E-state index in [1.54, 1.807) is 0 Å². The molecule has 0 atom stereocenters. The highest BCUT2D eigenvalue weighted by Crippen LogP contribution is 2.34. The Morgan fingerprint density at radius 1 is 1.53 bits per heavy atom. The van der Waals surface area contributed by atoms with Crippen molar-refractivity contribution >= 4 is 42.3 Å². The van der Waals surface area contributed by atoms with Gasteiger partial charge in [-0.1, -0.05) is 0 Å². The Hall–Kier alpha value is -0.220. The monoisotopic (exact) mass is 369 g/mol. The molecule has 1 aromatic rings. The zero-order valence-electron chi connectivity index (χ0n) is 6.79. The van der Waals surface area contributed by atoms with Crippen molar-refractivity contribution in [2.75, 3.05) is 0 Å². The molecule has 1 rings (SSSR count). The Balaban J connectivity index is 3.59. The predicted molar refractivity (Wildman–Crippen MR) is 56.6 cm³/mol. The average Bonchev–Trinajstić information content (AvgIpc) is 2.00. The van der Waals surface area contributed by atoms with E-state index in [2.05, 4.69) is 4.98 Å². The van der Waals surface area contributed by atoms with Gasteiger partial charge in [0.1, 0.15) is 10.6 Å². The minimum Gasteiger partial charge on any atom is -0.505 e. The summed E-state index contributed by atoms with van der Waals surface area (Å²) in [6.07, 6.45) is -2.31. The van der Waals surface area contributed by atoms with E-state index in [9.17, 15) is 17.2 Å². The molecule has 84 valence electrons. The minimum atomic E-state index is -4.28. The van der Waals surface area contributed by atoms with Crippen LogP contribution in [0.5, 0.6) is 5.75 Å². The zero-order chi connectivity index (χ0) is 11.8. The van der Waals surface area contributed by atoms with Gasteiger partial charge in [-0.3, -0.25) is 4.98 Å². The van der Waals surface area contributed by atoms with Gasteiger partial charge >= 0.3 is 0 Å². The van der Waals surface area contributed by atoms with E-state index >= 15 is 0 Å². The molecular formula is C6H3ClF2INO3S. The number of aromatic hydroxyl groups is 1. The van der Waals surface area contributed by atoms with Crippen LogP contribution in [0.3, 0.4) is 0 Å². The van der Waals surface area contributed by atoms with Gasteiger partial charge in [0, 0.05) is 10.7 Å². The van der Waals surface area contributed by atoms with Crippen molar-refractivity contribution in [3.05, 3.63) is 15.5 Å². The van der Waals surface area contributed by atoms with Crippen LogP contribution >= 0.6 is 33.3 Å². The van der Waals surface area contributed by atoms with Gasteiger partial charge in [0.25, 0.3) is 15.5 Å². The van der Waals surface area contributed by atoms with Crippen LogP contribution in [0, 0.1) is 3.57 Å². The fourth-order valence-electron chi connectivity index (χ4n) is 0.859. The maximum atomic E-state index is 12.3. The maximum absolute atomic E-state index is 12.3. The molecule has 0 saturated carbocycles. The number of alkyl halides is 2. The van der Waals surface area contributed by atoms with Crippen LogP contribution in [-0.4, -0.2) is 18.5 Å². The third-order valence-corrected chi connectivity index (χ3v) is 4.26. The first-order chi connectivity index (χ1) is 6.75. The number of hydrogen-bond acceptors (Lipinski definition) is 4. The van der Waals surface area contributed by atoms with Crippen LogP contribution in [0.4, 0.5) is 8.78 Å². The molecule has 0 amide bonds. The Labute approximate surface area is 102 Å². The van der Waals surface area contributed by atoms with Gasteiger partial charge in [0.15, 0.2) is 5.75 Å². The van der Waals surface area contributed by atoms with Gasteiger partial charge in [-0.2, -0.15) is 0 Å². The summed E-state index contributed by atoms with van der Waals surface area (Å²) in [5.41, 5.74) is -0.729. The van der Waals surface area contributed by atoms with Crippen LogP contribution in [0.15, 0.2) is 11.1 Å². The first kappa shape index (κ1) is 12.8. The van der Waals surface area contributed by atoms with Crippen molar-refractivity contribution in [3.63, 3.8) is 0 Å². The normalized spacial score (nSPS) is 12.1. The van der Waals surface area contributed by atoms with Gasteiger partial charge in [0.05, 0.1) is 9.77 Å². The lowest BCUT2D eigenvalue weighted by molar-refractivity contribution is 0.144. The smallest absolute Gasteiger partial charge is 0.281 e. The third-order valence-electron chi connectivity index (χ3n) is 1.43. The zero-order valence-corrected chi connectivity index (χ0v) is 10.5. The van der Waals surface area contributed by atoms with Crippen molar-refractivity contribution in [1.82, 2.24) is 4.98 Å². The molecule has 0 spiro atoms. The molecule has 1 N–H and O–H groups in total. The van der Waals surface area contributed by atoms with Crippen LogP contribution < -0.4 is 0 Å². The number of halogens is 4. The fourth-order valence-corrected chi connectivity index (χ4v) is 3.86. The standard InChI is InChI=1S/C6H3ClF2INO3S/c7-15(13,14)5-2(12)1-11-4(3(5)10)6(8)9/h1,6,12H. The van der Waals surface area contributed by atoms with E-state index in [1.807, 2.05) is 0 Å². The van der Waals surface area contributed by atoms with E-state index in [-0.39, 0.29) is 3.57 Å². The molecule has 4 nitrogen and oxygen atoms in total. The lowest BCUT2D eigenvalue weighted by Crippen LogP contribution is -2.02. The molecule has 0 saturated heterocycles. The SMILES string of the molecule is O=S(=O)(Cl)c1c(O)cnc(C(F)F)c1I. The quantitative estimate of drug-likeness (QED) is 0.641. The van der Waals surface area contributed by atoms with Gasteiger partial charge in [0.2, 0.25) is 0 Å². The molecule has 1 aromatic heterocycles. The molecule has 15 heavy (non-hydrogen) atoms. The van der Waals surface area contributed by atoms with E-state index in [0.29, 0.717) is 6.20 Å². The fraction of sp³-hybridized carbons (Fsp3) is 0.167. The van der Waals surface area contributed by atoms with Crippen molar-refractivity contribution in [2.45, 2.75) is 11.3 Å². The van der Waals surface area contributed by atoms with Crippen molar-refractivity contribution in [2.24, 2.45) is 0 Å². The molecule has 0 aliphatic carbocycles. The molecule has 0 aliphatic heterocycles. The van der Waals surface area contributed by atoms with Gasteiger partial charge in [-0.15, -0.1) is 0 Å². The molecule has 0 aliphatic rings. The molecule has 0 fully saturated rings. The Morgan fingerprint density at radius 2 is 2.07 bits per heavy atom. The van der Waals surface area contributed by atoms with Crippen molar-refractivity contribution < 1.29 is 22.3 Å². The molecule has 0 bridgehead atoms. The van der Waals surface area contributed by atoms with Gasteiger partial charge < -0.3 is 5.11 Å². The van der Waals surface area contributed by atoms with Crippen LogP contribution in [0.25, 0.3) is 0 Å². The van der Waals surface area contributed by atoms with Crippen LogP contribution in [-0.2, 0) is 9.05 Å². The average molecular weight is 370 g/mol. The molecule has 9 heteroatoms. The van der Waals surface area contributed by atoms with Crippen molar-refractivity contribution in [3.8, 4) is 5.75 Å². The number of nitrogens with zero attached hydrogens (tertiary/aromatic N) is 1. The van der Waals surface area contributed by atoms with E-state index in [0.717, 1.165) is 0 Å².